The van der Waals surface area contributed by atoms with Gasteiger partial charge in [-0.3, -0.25) is 9.78 Å². The van der Waals surface area contributed by atoms with Crippen molar-refractivity contribution in [1.29, 1.82) is 0 Å². The molecular formula is C15H12N2O3. The Hall–Kier alpha value is -2.82. The number of hydrogen-bond acceptors (Lipinski definition) is 4. The van der Waals surface area contributed by atoms with Crippen LogP contribution in [0.1, 0.15) is 16.1 Å². The Kier molecular flexibility index (Phi) is 3.33. The van der Waals surface area contributed by atoms with Crippen molar-refractivity contribution in [3.63, 3.8) is 0 Å². The van der Waals surface area contributed by atoms with Crippen molar-refractivity contribution in [3.05, 3.63) is 66.8 Å². The molecule has 0 aromatic carbocycles. The predicted molar refractivity (Wildman–Crippen MR) is 71.8 cm³/mol. The van der Waals surface area contributed by atoms with E-state index in [9.17, 15) is 4.79 Å². The second kappa shape index (κ2) is 5.44. The summed E-state index contributed by atoms with van der Waals surface area (Å²) in [4.78, 5) is 15.9. The molecular weight excluding hydrogens is 256 g/mol. The summed E-state index contributed by atoms with van der Waals surface area (Å²) in [6.07, 6.45) is 8.20. The summed E-state index contributed by atoms with van der Waals surface area (Å²) in [7, 11) is 0. The van der Waals surface area contributed by atoms with Gasteiger partial charge in [0.2, 0.25) is 0 Å². The first-order valence-corrected chi connectivity index (χ1v) is 6.11. The van der Waals surface area contributed by atoms with Gasteiger partial charge in [-0.15, -0.1) is 0 Å². The highest BCUT2D eigenvalue weighted by atomic mass is 16.3. The molecule has 0 aliphatic carbocycles. The summed E-state index contributed by atoms with van der Waals surface area (Å²) >= 11 is 0. The van der Waals surface area contributed by atoms with E-state index in [1.54, 1.807) is 37.1 Å². The molecule has 0 saturated heterocycles. The fraction of sp³-hybridized carbons (Fsp3) is 0.0667. The highest BCUT2D eigenvalue weighted by Crippen LogP contribution is 2.19. The summed E-state index contributed by atoms with van der Waals surface area (Å²) in [5.41, 5.74) is 2.81. The summed E-state index contributed by atoms with van der Waals surface area (Å²) in [5, 5.41) is 2.78. The maximum Gasteiger partial charge on any atom is 0.287 e. The SMILES string of the molecule is O=C(NCc1cncc(-c2ccoc2)c1)c1ccco1. The second-order valence-corrected chi connectivity index (χ2v) is 4.25. The number of carbonyl (C=O) groups is 1. The van der Waals surface area contributed by atoms with Crippen LogP contribution in [0, 0.1) is 0 Å². The number of rotatable bonds is 4. The van der Waals surface area contributed by atoms with Gasteiger partial charge in [0.15, 0.2) is 5.76 Å². The Morgan fingerprint density at radius 1 is 1.20 bits per heavy atom. The molecule has 0 radical (unpaired) electrons. The molecule has 0 fully saturated rings. The minimum absolute atomic E-state index is 0.247. The third-order valence-electron chi connectivity index (χ3n) is 2.85. The molecule has 5 heteroatoms. The van der Waals surface area contributed by atoms with Crippen LogP contribution in [0.5, 0.6) is 0 Å². The van der Waals surface area contributed by atoms with Crippen LogP contribution < -0.4 is 5.32 Å². The number of carbonyl (C=O) groups excluding carboxylic acids is 1. The van der Waals surface area contributed by atoms with Gasteiger partial charge in [0, 0.05) is 30.1 Å². The summed E-state index contributed by atoms with van der Waals surface area (Å²) in [6.45, 7) is 0.387. The zero-order valence-corrected chi connectivity index (χ0v) is 10.6. The van der Waals surface area contributed by atoms with E-state index in [1.165, 1.54) is 6.26 Å². The lowest BCUT2D eigenvalue weighted by atomic mass is 10.1. The van der Waals surface area contributed by atoms with Gasteiger partial charge in [-0.2, -0.15) is 0 Å². The van der Waals surface area contributed by atoms with Gasteiger partial charge in [0.05, 0.1) is 18.8 Å². The predicted octanol–water partition coefficient (Wildman–Crippen LogP) is 2.86. The van der Waals surface area contributed by atoms with E-state index in [0.717, 1.165) is 16.7 Å². The number of nitrogens with one attached hydrogen (secondary N) is 1. The second-order valence-electron chi connectivity index (χ2n) is 4.25. The molecule has 0 saturated carbocycles. The lowest BCUT2D eigenvalue weighted by molar-refractivity contribution is 0.0923. The molecule has 3 rings (SSSR count). The Morgan fingerprint density at radius 2 is 2.15 bits per heavy atom. The average Bonchev–Trinajstić information content (AvgIpc) is 3.17. The zero-order valence-electron chi connectivity index (χ0n) is 10.6. The molecule has 3 aromatic rings. The number of furan rings is 2. The first-order chi connectivity index (χ1) is 9.83. The van der Waals surface area contributed by atoms with Crippen molar-refractivity contribution >= 4 is 5.91 Å². The van der Waals surface area contributed by atoms with Gasteiger partial charge in [-0.1, -0.05) is 0 Å². The van der Waals surface area contributed by atoms with E-state index < -0.39 is 0 Å². The maximum absolute atomic E-state index is 11.8. The van der Waals surface area contributed by atoms with Crippen molar-refractivity contribution < 1.29 is 13.6 Å². The van der Waals surface area contributed by atoms with Crippen molar-refractivity contribution in [3.8, 4) is 11.1 Å². The summed E-state index contributed by atoms with van der Waals surface area (Å²) in [5.74, 6) is 0.0488. The molecule has 100 valence electrons. The molecule has 0 bridgehead atoms. The van der Waals surface area contributed by atoms with Crippen LogP contribution in [-0.2, 0) is 6.54 Å². The van der Waals surface area contributed by atoms with Crippen LogP contribution in [-0.4, -0.2) is 10.9 Å². The van der Waals surface area contributed by atoms with E-state index >= 15 is 0 Å². The van der Waals surface area contributed by atoms with Gasteiger partial charge >= 0.3 is 0 Å². The Labute approximate surface area is 115 Å². The molecule has 20 heavy (non-hydrogen) atoms. The van der Waals surface area contributed by atoms with E-state index in [4.69, 9.17) is 8.83 Å². The summed E-state index contributed by atoms with van der Waals surface area (Å²) < 4.78 is 10.1. The van der Waals surface area contributed by atoms with Gasteiger partial charge in [0.25, 0.3) is 5.91 Å². The molecule has 0 aliphatic heterocycles. The molecule has 3 heterocycles. The van der Waals surface area contributed by atoms with Crippen LogP contribution in [0.15, 0.2) is 64.3 Å². The lowest BCUT2D eigenvalue weighted by Crippen LogP contribution is -2.22. The number of pyridine rings is 1. The fourth-order valence-corrected chi connectivity index (χ4v) is 1.85. The monoisotopic (exact) mass is 268 g/mol. The average molecular weight is 268 g/mol. The van der Waals surface area contributed by atoms with Crippen molar-refractivity contribution in [1.82, 2.24) is 10.3 Å². The molecule has 1 amide bonds. The van der Waals surface area contributed by atoms with Crippen LogP contribution in [0.25, 0.3) is 11.1 Å². The number of nitrogens with zero attached hydrogens (tertiary/aromatic N) is 1. The van der Waals surface area contributed by atoms with Gasteiger partial charge < -0.3 is 14.2 Å². The first-order valence-electron chi connectivity index (χ1n) is 6.11. The number of hydrogen-bond donors (Lipinski definition) is 1. The molecule has 5 nitrogen and oxygen atoms in total. The van der Waals surface area contributed by atoms with Crippen molar-refractivity contribution in [2.24, 2.45) is 0 Å². The minimum atomic E-state index is -0.247. The van der Waals surface area contributed by atoms with Gasteiger partial charge in [0.1, 0.15) is 0 Å². The largest absolute Gasteiger partial charge is 0.472 e. The summed E-state index contributed by atoms with van der Waals surface area (Å²) in [6, 6.07) is 7.12. The Balaban J connectivity index is 1.69. The molecule has 0 unspecified atom stereocenters. The minimum Gasteiger partial charge on any atom is -0.472 e. The fourth-order valence-electron chi connectivity index (χ4n) is 1.85. The lowest BCUT2D eigenvalue weighted by Gasteiger charge is -2.04. The first kappa shape index (κ1) is 12.2. The number of amides is 1. The smallest absolute Gasteiger partial charge is 0.287 e. The number of aromatic nitrogens is 1. The van der Waals surface area contributed by atoms with Crippen molar-refractivity contribution in [2.45, 2.75) is 6.54 Å². The van der Waals surface area contributed by atoms with Crippen molar-refractivity contribution in [2.75, 3.05) is 0 Å². The zero-order chi connectivity index (χ0) is 13.8. The van der Waals surface area contributed by atoms with Crippen LogP contribution in [0.4, 0.5) is 0 Å². The highest BCUT2D eigenvalue weighted by Gasteiger charge is 2.08. The van der Waals surface area contributed by atoms with Crippen LogP contribution in [0.3, 0.4) is 0 Å². The topological polar surface area (TPSA) is 68.3 Å². The van der Waals surface area contributed by atoms with Gasteiger partial charge in [-0.25, -0.2) is 0 Å². The Bertz CT molecular complexity index is 688. The Morgan fingerprint density at radius 3 is 2.90 bits per heavy atom. The van der Waals surface area contributed by atoms with E-state index in [1.807, 2.05) is 12.1 Å². The van der Waals surface area contributed by atoms with Crippen LogP contribution in [0.2, 0.25) is 0 Å². The standard InChI is InChI=1S/C15H12N2O3/c18-15(14-2-1-4-20-14)17-8-11-6-13(9-16-7-11)12-3-5-19-10-12/h1-7,9-10H,8H2,(H,17,18). The maximum atomic E-state index is 11.8. The molecule has 0 atom stereocenters. The van der Waals surface area contributed by atoms with E-state index in [2.05, 4.69) is 10.3 Å². The molecule has 1 N–H and O–H groups in total. The van der Waals surface area contributed by atoms with E-state index in [0.29, 0.717) is 12.3 Å². The normalized spacial score (nSPS) is 10.4. The molecule has 0 aliphatic rings. The quantitative estimate of drug-likeness (QED) is 0.790. The van der Waals surface area contributed by atoms with Crippen LogP contribution >= 0.6 is 0 Å². The third-order valence-corrected chi connectivity index (χ3v) is 2.85. The third kappa shape index (κ3) is 2.61. The van der Waals surface area contributed by atoms with E-state index in [-0.39, 0.29) is 5.91 Å². The van der Waals surface area contributed by atoms with Gasteiger partial charge in [-0.05, 0) is 29.8 Å². The molecule has 0 spiro atoms. The molecule has 3 aromatic heterocycles. The highest BCUT2D eigenvalue weighted by molar-refractivity contribution is 5.91.